The Labute approximate surface area is 127 Å². The molecule has 8 heteroatoms. The van der Waals surface area contributed by atoms with Gasteiger partial charge in [0.1, 0.15) is 17.0 Å². The van der Waals surface area contributed by atoms with Crippen LogP contribution >= 0.6 is 22.6 Å². The number of halogens is 2. The van der Waals surface area contributed by atoms with Crippen LogP contribution in [0.3, 0.4) is 0 Å². The van der Waals surface area contributed by atoms with Crippen molar-refractivity contribution < 1.29 is 19.2 Å². The molecule has 0 saturated carbocycles. The van der Waals surface area contributed by atoms with Crippen molar-refractivity contribution in [2.45, 2.75) is 25.3 Å². The molecule has 0 amide bonds. The van der Waals surface area contributed by atoms with Crippen molar-refractivity contribution >= 4 is 39.9 Å². The summed E-state index contributed by atoms with van der Waals surface area (Å²) in [5.74, 6) is -1.66. The van der Waals surface area contributed by atoms with Crippen molar-refractivity contribution in [3.63, 3.8) is 0 Å². The van der Waals surface area contributed by atoms with Crippen LogP contribution < -0.4 is 4.90 Å². The molecule has 2 rings (SSSR count). The van der Waals surface area contributed by atoms with Crippen LogP contribution in [0.5, 0.6) is 0 Å². The number of benzene rings is 1. The molecule has 20 heavy (non-hydrogen) atoms. The Morgan fingerprint density at radius 3 is 2.80 bits per heavy atom. The minimum absolute atomic E-state index is 0.0234. The third-order valence-corrected chi connectivity index (χ3v) is 4.43. The van der Waals surface area contributed by atoms with Gasteiger partial charge in [0.15, 0.2) is 0 Å². The van der Waals surface area contributed by atoms with Gasteiger partial charge in [0.05, 0.1) is 8.49 Å². The second-order valence-electron chi connectivity index (χ2n) is 4.85. The van der Waals surface area contributed by atoms with Crippen molar-refractivity contribution in [3.8, 4) is 0 Å². The molecule has 1 heterocycles. The number of carboxylic acids is 1. The van der Waals surface area contributed by atoms with Crippen LogP contribution in [0.15, 0.2) is 12.1 Å². The Hall–Kier alpha value is -1.45. The van der Waals surface area contributed by atoms with Crippen LogP contribution in [0.25, 0.3) is 0 Å². The summed E-state index contributed by atoms with van der Waals surface area (Å²) in [6, 6.07) is 2.18. The van der Waals surface area contributed by atoms with Gasteiger partial charge in [0.2, 0.25) is 0 Å². The number of rotatable bonds is 3. The highest BCUT2D eigenvalue weighted by Crippen LogP contribution is 2.40. The number of hydrogen-bond acceptors (Lipinski definition) is 4. The molecule has 1 aliphatic heterocycles. The van der Waals surface area contributed by atoms with E-state index in [-0.39, 0.29) is 14.9 Å². The third kappa shape index (κ3) is 2.32. The van der Waals surface area contributed by atoms with Crippen molar-refractivity contribution in [2.75, 3.05) is 11.4 Å². The first kappa shape index (κ1) is 14.9. The van der Waals surface area contributed by atoms with Gasteiger partial charge in [-0.25, -0.2) is 9.18 Å². The smallest absolute Gasteiger partial charge is 0.329 e. The average molecular weight is 394 g/mol. The summed E-state index contributed by atoms with van der Waals surface area (Å²) in [5, 5.41) is 20.5. The van der Waals surface area contributed by atoms with E-state index in [4.69, 9.17) is 0 Å². The number of hydrogen-bond donors (Lipinski definition) is 1. The first-order chi connectivity index (χ1) is 9.27. The standard InChI is InChI=1S/C12H12FIN2O4/c1-12(11(17)18)3-2-4-15(12)9-5-7(13)8(14)6-10(9)16(19)20/h5-6H,2-4H2,1H3,(H,17,18). The van der Waals surface area contributed by atoms with Crippen molar-refractivity contribution in [1.82, 2.24) is 0 Å². The third-order valence-electron chi connectivity index (χ3n) is 3.61. The van der Waals surface area contributed by atoms with E-state index in [1.54, 1.807) is 22.6 Å². The van der Waals surface area contributed by atoms with Gasteiger partial charge in [-0.05, 0) is 42.4 Å². The van der Waals surface area contributed by atoms with Crippen LogP contribution in [0.2, 0.25) is 0 Å². The SMILES string of the molecule is CC1(C(=O)O)CCCN1c1cc(F)c(I)cc1[N+](=O)[O-]. The zero-order chi connectivity index (χ0) is 15.1. The van der Waals surface area contributed by atoms with Crippen LogP contribution in [-0.2, 0) is 4.79 Å². The maximum atomic E-state index is 13.7. The van der Waals surface area contributed by atoms with E-state index in [0.717, 1.165) is 12.1 Å². The Balaban J connectivity index is 2.60. The Bertz CT molecular complexity index is 595. The van der Waals surface area contributed by atoms with Gasteiger partial charge < -0.3 is 10.0 Å². The lowest BCUT2D eigenvalue weighted by atomic mass is 9.98. The largest absolute Gasteiger partial charge is 0.480 e. The number of nitro benzene ring substituents is 1. The van der Waals surface area contributed by atoms with E-state index in [9.17, 15) is 24.4 Å². The summed E-state index contributed by atoms with van der Waals surface area (Å²) in [4.78, 5) is 23.4. The summed E-state index contributed by atoms with van der Waals surface area (Å²) >= 11 is 1.67. The van der Waals surface area contributed by atoms with E-state index in [1.165, 1.54) is 11.8 Å². The first-order valence-corrected chi connectivity index (χ1v) is 6.99. The van der Waals surface area contributed by atoms with E-state index in [1.807, 2.05) is 0 Å². The van der Waals surface area contributed by atoms with E-state index in [2.05, 4.69) is 0 Å². The lowest BCUT2D eigenvalue weighted by Crippen LogP contribution is -2.48. The molecule has 1 N–H and O–H groups in total. The van der Waals surface area contributed by atoms with E-state index >= 15 is 0 Å². The maximum absolute atomic E-state index is 13.7. The fourth-order valence-corrected chi connectivity index (χ4v) is 2.91. The van der Waals surface area contributed by atoms with Crippen LogP contribution in [0, 0.1) is 19.5 Å². The highest BCUT2D eigenvalue weighted by atomic mass is 127. The Morgan fingerprint density at radius 1 is 1.60 bits per heavy atom. The summed E-state index contributed by atoms with van der Waals surface area (Å²) in [5.41, 5.74) is -1.50. The second kappa shape index (κ2) is 5.15. The lowest BCUT2D eigenvalue weighted by molar-refractivity contribution is -0.384. The number of nitro groups is 1. The molecule has 0 bridgehead atoms. The summed E-state index contributed by atoms with van der Waals surface area (Å²) in [7, 11) is 0. The maximum Gasteiger partial charge on any atom is 0.329 e. The molecule has 1 fully saturated rings. The fourth-order valence-electron chi connectivity index (χ4n) is 2.46. The van der Waals surface area contributed by atoms with Crippen LogP contribution in [0.4, 0.5) is 15.8 Å². The molecular formula is C12H12FIN2O4. The van der Waals surface area contributed by atoms with Gasteiger partial charge >= 0.3 is 5.97 Å². The van der Waals surface area contributed by atoms with Gasteiger partial charge in [0, 0.05) is 18.7 Å². The summed E-state index contributed by atoms with van der Waals surface area (Å²) < 4.78 is 13.9. The second-order valence-corrected chi connectivity index (χ2v) is 6.01. The summed E-state index contributed by atoms with van der Waals surface area (Å²) in [6.07, 6.45) is 0.959. The van der Waals surface area contributed by atoms with Crippen molar-refractivity contribution in [1.29, 1.82) is 0 Å². The normalized spacial score (nSPS) is 22.1. The molecule has 1 aliphatic rings. The highest BCUT2D eigenvalue weighted by molar-refractivity contribution is 14.1. The highest BCUT2D eigenvalue weighted by Gasteiger charge is 2.45. The molecular weight excluding hydrogens is 382 g/mol. The van der Waals surface area contributed by atoms with Crippen molar-refractivity contribution in [2.24, 2.45) is 0 Å². The molecule has 6 nitrogen and oxygen atoms in total. The zero-order valence-corrected chi connectivity index (χ0v) is 12.8. The molecule has 1 saturated heterocycles. The number of aliphatic carboxylic acids is 1. The topological polar surface area (TPSA) is 83.7 Å². The fraction of sp³-hybridized carbons (Fsp3) is 0.417. The zero-order valence-electron chi connectivity index (χ0n) is 10.6. The number of anilines is 1. The minimum Gasteiger partial charge on any atom is -0.480 e. The predicted octanol–water partition coefficient (Wildman–Crippen LogP) is 2.78. The van der Waals surface area contributed by atoms with Gasteiger partial charge in [0.25, 0.3) is 5.69 Å². The Morgan fingerprint density at radius 2 is 2.25 bits per heavy atom. The molecule has 108 valence electrons. The van der Waals surface area contributed by atoms with Gasteiger partial charge in [-0.2, -0.15) is 0 Å². The molecule has 0 radical (unpaired) electrons. The molecule has 1 aromatic carbocycles. The Kier molecular flexibility index (Phi) is 3.85. The van der Waals surface area contributed by atoms with Gasteiger partial charge in [-0.1, -0.05) is 0 Å². The number of nitrogens with zero attached hydrogens (tertiary/aromatic N) is 2. The molecule has 1 atom stereocenters. The first-order valence-electron chi connectivity index (χ1n) is 5.92. The lowest BCUT2D eigenvalue weighted by Gasteiger charge is -2.32. The van der Waals surface area contributed by atoms with Gasteiger partial charge in [-0.15, -0.1) is 0 Å². The molecule has 0 aliphatic carbocycles. The molecule has 1 aromatic rings. The number of carboxylic acid groups (broad SMARTS) is 1. The van der Waals surface area contributed by atoms with Gasteiger partial charge in [-0.3, -0.25) is 10.1 Å². The predicted molar refractivity (Wildman–Crippen MR) is 78.4 cm³/mol. The van der Waals surface area contributed by atoms with E-state index < -0.39 is 22.2 Å². The monoisotopic (exact) mass is 394 g/mol. The minimum atomic E-state index is -1.25. The van der Waals surface area contributed by atoms with Crippen LogP contribution in [0.1, 0.15) is 19.8 Å². The van der Waals surface area contributed by atoms with Crippen LogP contribution in [-0.4, -0.2) is 28.1 Å². The average Bonchev–Trinajstić information content (AvgIpc) is 2.75. The quantitative estimate of drug-likeness (QED) is 0.484. The number of carbonyl (C=O) groups is 1. The van der Waals surface area contributed by atoms with E-state index in [0.29, 0.717) is 19.4 Å². The molecule has 0 spiro atoms. The summed E-state index contributed by atoms with van der Waals surface area (Å²) in [6.45, 7) is 1.85. The molecule has 1 unspecified atom stereocenters. The molecule has 0 aromatic heterocycles. The van der Waals surface area contributed by atoms with Crippen molar-refractivity contribution in [3.05, 3.63) is 31.6 Å².